The molecule has 39 heavy (non-hydrogen) atoms. The highest BCUT2D eigenvalue weighted by Crippen LogP contribution is 2.43. The number of anilines is 3. The summed E-state index contributed by atoms with van der Waals surface area (Å²) >= 11 is 0. The van der Waals surface area contributed by atoms with E-state index in [0.717, 1.165) is 47.8 Å². The summed E-state index contributed by atoms with van der Waals surface area (Å²) in [7, 11) is 3.89. The number of carbonyl (C=O) groups excluding carboxylic acids is 2. The smallest absolute Gasteiger partial charge is 0.300 e. The molecule has 3 aromatic rings. The van der Waals surface area contributed by atoms with Crippen molar-refractivity contribution in [1.82, 2.24) is 0 Å². The number of benzene rings is 3. The molecular formula is C32H35N3O4. The van der Waals surface area contributed by atoms with Gasteiger partial charge in [0.25, 0.3) is 11.7 Å². The summed E-state index contributed by atoms with van der Waals surface area (Å²) in [6, 6.07) is 20.0. The molecule has 3 aromatic carbocycles. The van der Waals surface area contributed by atoms with Gasteiger partial charge in [-0.3, -0.25) is 14.5 Å². The molecule has 1 saturated heterocycles. The predicted molar refractivity (Wildman–Crippen MR) is 156 cm³/mol. The van der Waals surface area contributed by atoms with Crippen LogP contribution >= 0.6 is 0 Å². The van der Waals surface area contributed by atoms with Crippen molar-refractivity contribution in [2.45, 2.75) is 39.3 Å². The summed E-state index contributed by atoms with van der Waals surface area (Å²) in [5.74, 6) is -0.762. The third kappa shape index (κ3) is 4.73. The lowest BCUT2D eigenvalue weighted by Gasteiger charge is -2.27. The molecule has 7 nitrogen and oxygen atoms in total. The van der Waals surface area contributed by atoms with Crippen molar-refractivity contribution in [3.05, 3.63) is 89.0 Å². The first-order valence-electron chi connectivity index (χ1n) is 13.5. The Morgan fingerprint density at radius 3 is 2.21 bits per heavy atom. The topological polar surface area (TPSA) is 73.3 Å². The third-order valence-electron chi connectivity index (χ3n) is 7.60. The van der Waals surface area contributed by atoms with Gasteiger partial charge in [0.1, 0.15) is 17.6 Å². The molecule has 0 aliphatic carbocycles. The Labute approximate surface area is 229 Å². The number of hydrogen-bond donors (Lipinski definition) is 1. The Morgan fingerprint density at radius 1 is 0.949 bits per heavy atom. The highest BCUT2D eigenvalue weighted by atomic mass is 16.5. The van der Waals surface area contributed by atoms with Crippen LogP contribution in [0.3, 0.4) is 0 Å². The normalized spacial score (nSPS) is 19.7. The molecule has 202 valence electrons. The van der Waals surface area contributed by atoms with E-state index < -0.39 is 17.7 Å². The molecule has 2 heterocycles. The Balaban J connectivity index is 1.64. The number of nitrogens with zero attached hydrogens (tertiary/aromatic N) is 3. The van der Waals surface area contributed by atoms with Crippen LogP contribution in [0.25, 0.3) is 5.76 Å². The maximum atomic E-state index is 13.6. The lowest BCUT2D eigenvalue weighted by atomic mass is 9.94. The fourth-order valence-corrected chi connectivity index (χ4v) is 5.51. The molecule has 2 unspecified atom stereocenters. The van der Waals surface area contributed by atoms with E-state index in [1.165, 1.54) is 4.90 Å². The van der Waals surface area contributed by atoms with E-state index in [9.17, 15) is 14.7 Å². The van der Waals surface area contributed by atoms with Crippen LogP contribution in [0.2, 0.25) is 0 Å². The Hall–Kier alpha value is -4.26. The number of rotatable bonds is 7. The molecule has 2 atom stereocenters. The SMILES string of the molecule is CCN(CC)c1ccc(C2/C(=C(/O)c3ccc4c(c3)CC(C)O4)C(=O)C(=O)N2c2ccc(N(C)C)cc2)cc1. The van der Waals surface area contributed by atoms with Gasteiger partial charge in [-0.25, -0.2) is 0 Å². The van der Waals surface area contributed by atoms with Gasteiger partial charge < -0.3 is 19.6 Å². The Kier molecular flexibility index (Phi) is 7.08. The van der Waals surface area contributed by atoms with E-state index in [2.05, 4.69) is 18.7 Å². The van der Waals surface area contributed by atoms with Crippen molar-refractivity contribution in [3.8, 4) is 5.75 Å². The van der Waals surface area contributed by atoms with E-state index in [4.69, 9.17) is 4.74 Å². The zero-order valence-electron chi connectivity index (χ0n) is 23.1. The van der Waals surface area contributed by atoms with Crippen molar-refractivity contribution in [3.63, 3.8) is 0 Å². The maximum absolute atomic E-state index is 13.6. The summed E-state index contributed by atoms with van der Waals surface area (Å²) in [5.41, 5.74) is 4.93. The molecule has 2 aliphatic rings. The van der Waals surface area contributed by atoms with Crippen molar-refractivity contribution >= 4 is 34.5 Å². The predicted octanol–water partition coefficient (Wildman–Crippen LogP) is 5.55. The van der Waals surface area contributed by atoms with Gasteiger partial charge in [-0.15, -0.1) is 0 Å². The minimum atomic E-state index is -0.774. The number of fused-ring (bicyclic) bond motifs is 1. The molecule has 0 spiro atoms. The van der Waals surface area contributed by atoms with Gasteiger partial charge in [0.05, 0.1) is 11.6 Å². The molecule has 0 radical (unpaired) electrons. The van der Waals surface area contributed by atoms with E-state index in [-0.39, 0.29) is 17.4 Å². The number of ketones is 1. The summed E-state index contributed by atoms with van der Waals surface area (Å²) in [5, 5.41) is 11.6. The van der Waals surface area contributed by atoms with E-state index in [0.29, 0.717) is 11.3 Å². The summed E-state index contributed by atoms with van der Waals surface area (Å²) < 4.78 is 5.81. The molecule has 1 fully saturated rings. The molecule has 7 heteroatoms. The quantitative estimate of drug-likeness (QED) is 0.248. The van der Waals surface area contributed by atoms with Gasteiger partial charge in [0, 0.05) is 56.2 Å². The number of ether oxygens (including phenoxy) is 1. The molecule has 0 saturated carbocycles. The van der Waals surface area contributed by atoms with Crippen LogP contribution in [0.5, 0.6) is 5.75 Å². The van der Waals surface area contributed by atoms with Gasteiger partial charge in [-0.1, -0.05) is 12.1 Å². The molecule has 0 bridgehead atoms. The van der Waals surface area contributed by atoms with Crippen LogP contribution < -0.4 is 19.4 Å². The number of carbonyl (C=O) groups is 2. The van der Waals surface area contributed by atoms with Gasteiger partial charge >= 0.3 is 0 Å². The first-order chi connectivity index (χ1) is 18.7. The monoisotopic (exact) mass is 525 g/mol. The van der Waals surface area contributed by atoms with Crippen molar-refractivity contribution in [2.75, 3.05) is 41.9 Å². The van der Waals surface area contributed by atoms with E-state index >= 15 is 0 Å². The zero-order chi connectivity index (χ0) is 27.8. The lowest BCUT2D eigenvalue weighted by Crippen LogP contribution is -2.29. The minimum Gasteiger partial charge on any atom is -0.507 e. The Bertz CT molecular complexity index is 1420. The summed E-state index contributed by atoms with van der Waals surface area (Å²) in [4.78, 5) is 32.8. The summed E-state index contributed by atoms with van der Waals surface area (Å²) in [6.45, 7) is 7.94. The second kappa shape index (κ2) is 10.5. The molecule has 2 aliphatic heterocycles. The number of aliphatic hydroxyl groups excluding tert-OH is 1. The average molecular weight is 526 g/mol. The number of hydrogen-bond acceptors (Lipinski definition) is 6. The second-order valence-corrected chi connectivity index (χ2v) is 10.3. The number of Topliss-reactive ketones (excluding diaryl/α,β-unsaturated/α-hetero) is 1. The number of amides is 1. The van der Waals surface area contributed by atoms with Gasteiger partial charge in [-0.05, 0) is 86.5 Å². The fraction of sp³-hybridized carbons (Fsp3) is 0.312. The van der Waals surface area contributed by atoms with Crippen molar-refractivity contribution < 1.29 is 19.4 Å². The molecule has 0 aromatic heterocycles. The van der Waals surface area contributed by atoms with E-state index in [1.807, 2.05) is 86.6 Å². The Morgan fingerprint density at radius 2 is 1.59 bits per heavy atom. The van der Waals surface area contributed by atoms with Crippen LogP contribution in [-0.2, 0) is 16.0 Å². The van der Waals surface area contributed by atoms with Crippen LogP contribution in [-0.4, -0.2) is 50.1 Å². The first-order valence-corrected chi connectivity index (χ1v) is 13.5. The van der Waals surface area contributed by atoms with E-state index in [1.54, 1.807) is 6.07 Å². The third-order valence-corrected chi connectivity index (χ3v) is 7.60. The van der Waals surface area contributed by atoms with Gasteiger partial charge in [0.2, 0.25) is 0 Å². The van der Waals surface area contributed by atoms with Crippen molar-refractivity contribution in [2.24, 2.45) is 0 Å². The van der Waals surface area contributed by atoms with Crippen LogP contribution in [0.15, 0.2) is 72.3 Å². The first kappa shape index (κ1) is 26.4. The molecule has 5 rings (SSSR count). The average Bonchev–Trinajstić information content (AvgIpc) is 3.44. The van der Waals surface area contributed by atoms with Gasteiger partial charge in [-0.2, -0.15) is 0 Å². The van der Waals surface area contributed by atoms with Crippen molar-refractivity contribution in [1.29, 1.82) is 0 Å². The molecular weight excluding hydrogens is 490 g/mol. The minimum absolute atomic E-state index is 0.0532. The number of aliphatic hydroxyl groups is 1. The fourth-order valence-electron chi connectivity index (χ4n) is 5.51. The lowest BCUT2D eigenvalue weighted by molar-refractivity contribution is -0.132. The van der Waals surface area contributed by atoms with Crippen LogP contribution in [0, 0.1) is 0 Å². The maximum Gasteiger partial charge on any atom is 0.300 e. The van der Waals surface area contributed by atoms with Gasteiger partial charge in [0.15, 0.2) is 0 Å². The highest BCUT2D eigenvalue weighted by Gasteiger charge is 2.47. The molecule has 1 N–H and O–H groups in total. The summed E-state index contributed by atoms with van der Waals surface area (Å²) in [6.07, 6.45) is 0.775. The standard InChI is InChI=1S/C32H35N3O4/c1-6-34(7-2)25-11-8-21(9-12-25)29-28(30(36)22-10-17-27-23(19-22)18-20(3)39-27)31(37)32(38)35(29)26-15-13-24(14-16-26)33(4)5/h8-17,19-20,29,36H,6-7,18H2,1-5H3/b30-28-. The largest absolute Gasteiger partial charge is 0.507 e. The second-order valence-electron chi connectivity index (χ2n) is 10.3. The van der Waals surface area contributed by atoms with Crippen LogP contribution in [0.1, 0.15) is 43.5 Å². The highest BCUT2D eigenvalue weighted by molar-refractivity contribution is 6.51. The van der Waals surface area contributed by atoms with Crippen LogP contribution in [0.4, 0.5) is 17.1 Å². The molecule has 1 amide bonds. The zero-order valence-corrected chi connectivity index (χ0v) is 23.1.